The van der Waals surface area contributed by atoms with Crippen molar-refractivity contribution in [1.82, 2.24) is 10.5 Å². The molecule has 6 heteroatoms. The Labute approximate surface area is 169 Å². The van der Waals surface area contributed by atoms with Crippen LogP contribution in [0.3, 0.4) is 0 Å². The number of hydrogen-bond acceptors (Lipinski definition) is 5. The SMILES string of the molecule is Cc1cccc(OCCNC(=O)c2ccccc2SCc2c(C)noc2C)c1. The molecule has 0 radical (unpaired) electrons. The van der Waals surface area contributed by atoms with Crippen LogP contribution in [-0.4, -0.2) is 24.2 Å². The molecule has 1 aromatic heterocycles. The van der Waals surface area contributed by atoms with Gasteiger partial charge in [0.05, 0.1) is 17.8 Å². The molecule has 0 aliphatic heterocycles. The van der Waals surface area contributed by atoms with E-state index in [0.717, 1.165) is 33.2 Å². The first-order valence-corrected chi connectivity index (χ1v) is 10.1. The number of amides is 1. The molecule has 3 aromatic rings. The minimum absolute atomic E-state index is 0.102. The zero-order valence-electron chi connectivity index (χ0n) is 16.3. The third-order valence-electron chi connectivity index (χ3n) is 4.33. The van der Waals surface area contributed by atoms with E-state index in [1.807, 2.05) is 69.3 Å². The number of carbonyl (C=O) groups is 1. The lowest BCUT2D eigenvalue weighted by Gasteiger charge is -2.11. The number of ether oxygens (including phenoxy) is 1. The molecule has 2 aromatic carbocycles. The molecule has 0 fully saturated rings. The van der Waals surface area contributed by atoms with Crippen LogP contribution in [0.25, 0.3) is 0 Å². The average Bonchev–Trinajstić information content (AvgIpc) is 3.01. The molecule has 0 unspecified atom stereocenters. The molecule has 0 spiro atoms. The Bertz CT molecular complexity index is 933. The molecule has 1 heterocycles. The number of nitrogens with zero attached hydrogens (tertiary/aromatic N) is 1. The second-order valence-corrected chi connectivity index (χ2v) is 7.53. The predicted molar refractivity (Wildman–Crippen MR) is 111 cm³/mol. The van der Waals surface area contributed by atoms with Crippen LogP contribution in [0.1, 0.15) is 32.9 Å². The van der Waals surface area contributed by atoms with Gasteiger partial charge in [0.1, 0.15) is 18.1 Å². The minimum Gasteiger partial charge on any atom is -0.492 e. The van der Waals surface area contributed by atoms with E-state index in [4.69, 9.17) is 9.26 Å². The van der Waals surface area contributed by atoms with Crippen molar-refractivity contribution < 1.29 is 14.1 Å². The zero-order valence-corrected chi connectivity index (χ0v) is 17.1. The number of carbonyl (C=O) groups excluding carboxylic acids is 1. The van der Waals surface area contributed by atoms with Gasteiger partial charge in [-0.2, -0.15) is 0 Å². The van der Waals surface area contributed by atoms with Gasteiger partial charge in [-0.05, 0) is 50.6 Å². The lowest BCUT2D eigenvalue weighted by molar-refractivity contribution is 0.0944. The summed E-state index contributed by atoms with van der Waals surface area (Å²) in [7, 11) is 0. The number of aromatic nitrogens is 1. The molecule has 5 nitrogen and oxygen atoms in total. The molecular weight excluding hydrogens is 372 g/mol. The number of thioether (sulfide) groups is 1. The summed E-state index contributed by atoms with van der Waals surface area (Å²) < 4.78 is 10.9. The number of rotatable bonds is 8. The fourth-order valence-corrected chi connectivity index (χ4v) is 3.97. The number of aryl methyl sites for hydroxylation is 3. The van der Waals surface area contributed by atoms with E-state index in [2.05, 4.69) is 10.5 Å². The van der Waals surface area contributed by atoms with Crippen molar-refractivity contribution in [1.29, 1.82) is 0 Å². The summed E-state index contributed by atoms with van der Waals surface area (Å²) in [5.74, 6) is 2.24. The summed E-state index contributed by atoms with van der Waals surface area (Å²) >= 11 is 1.61. The lowest BCUT2D eigenvalue weighted by Crippen LogP contribution is -2.28. The summed E-state index contributed by atoms with van der Waals surface area (Å²) in [6, 6.07) is 15.5. The van der Waals surface area contributed by atoms with Crippen LogP contribution in [0, 0.1) is 20.8 Å². The Balaban J connectivity index is 1.55. The molecular formula is C22H24N2O3S. The Morgan fingerprint density at radius 2 is 1.96 bits per heavy atom. The maximum absolute atomic E-state index is 12.6. The molecule has 0 aliphatic rings. The highest BCUT2D eigenvalue weighted by molar-refractivity contribution is 7.98. The third kappa shape index (κ3) is 5.16. The van der Waals surface area contributed by atoms with Crippen LogP contribution in [0.2, 0.25) is 0 Å². The fraction of sp³-hybridized carbons (Fsp3) is 0.273. The average molecular weight is 397 g/mol. The molecule has 0 aliphatic carbocycles. The van der Waals surface area contributed by atoms with Gasteiger partial charge < -0.3 is 14.6 Å². The van der Waals surface area contributed by atoms with Gasteiger partial charge in [0, 0.05) is 16.2 Å². The topological polar surface area (TPSA) is 64.4 Å². The normalized spacial score (nSPS) is 10.7. The van der Waals surface area contributed by atoms with Crippen molar-refractivity contribution >= 4 is 17.7 Å². The molecule has 1 amide bonds. The minimum atomic E-state index is -0.102. The molecule has 0 bridgehead atoms. The van der Waals surface area contributed by atoms with Crippen LogP contribution in [-0.2, 0) is 5.75 Å². The Hall–Kier alpha value is -2.73. The molecule has 0 saturated heterocycles. The highest BCUT2D eigenvalue weighted by atomic mass is 32.2. The molecule has 3 rings (SSSR count). The van der Waals surface area contributed by atoms with Crippen molar-refractivity contribution in [2.24, 2.45) is 0 Å². The maximum atomic E-state index is 12.6. The Kier molecular flexibility index (Phi) is 6.76. The van der Waals surface area contributed by atoms with E-state index < -0.39 is 0 Å². The molecule has 0 saturated carbocycles. The van der Waals surface area contributed by atoms with Crippen LogP contribution in [0.15, 0.2) is 57.9 Å². The summed E-state index contributed by atoms with van der Waals surface area (Å²) in [5.41, 5.74) is 3.77. The fourth-order valence-electron chi connectivity index (χ4n) is 2.77. The Morgan fingerprint density at radius 1 is 1.14 bits per heavy atom. The monoisotopic (exact) mass is 396 g/mol. The van der Waals surface area contributed by atoms with Crippen LogP contribution < -0.4 is 10.1 Å². The smallest absolute Gasteiger partial charge is 0.252 e. The quantitative estimate of drug-likeness (QED) is 0.442. The van der Waals surface area contributed by atoms with Crippen LogP contribution in [0.4, 0.5) is 0 Å². The van der Waals surface area contributed by atoms with Gasteiger partial charge in [-0.1, -0.05) is 29.4 Å². The highest BCUT2D eigenvalue weighted by Crippen LogP contribution is 2.28. The van der Waals surface area contributed by atoms with Gasteiger partial charge in [-0.25, -0.2) is 0 Å². The first-order valence-electron chi connectivity index (χ1n) is 9.16. The van der Waals surface area contributed by atoms with Gasteiger partial charge in [0.25, 0.3) is 5.91 Å². The first-order chi connectivity index (χ1) is 13.5. The summed E-state index contributed by atoms with van der Waals surface area (Å²) in [6.07, 6.45) is 0. The van der Waals surface area contributed by atoms with E-state index in [9.17, 15) is 4.79 Å². The lowest BCUT2D eigenvalue weighted by atomic mass is 10.2. The van der Waals surface area contributed by atoms with Crippen molar-refractivity contribution in [3.05, 3.63) is 76.7 Å². The summed E-state index contributed by atoms with van der Waals surface area (Å²) in [5, 5.41) is 6.92. The van der Waals surface area contributed by atoms with Gasteiger partial charge >= 0.3 is 0 Å². The van der Waals surface area contributed by atoms with E-state index in [-0.39, 0.29) is 5.91 Å². The zero-order chi connectivity index (χ0) is 19.9. The van der Waals surface area contributed by atoms with Crippen molar-refractivity contribution in [3.8, 4) is 5.75 Å². The van der Waals surface area contributed by atoms with Gasteiger partial charge in [-0.3, -0.25) is 4.79 Å². The third-order valence-corrected chi connectivity index (χ3v) is 5.43. The van der Waals surface area contributed by atoms with E-state index >= 15 is 0 Å². The summed E-state index contributed by atoms with van der Waals surface area (Å²) in [4.78, 5) is 13.5. The second kappa shape index (κ2) is 9.46. The van der Waals surface area contributed by atoms with Crippen LogP contribution >= 0.6 is 11.8 Å². The second-order valence-electron chi connectivity index (χ2n) is 6.51. The first kappa shape index (κ1) is 20.0. The number of hydrogen-bond donors (Lipinski definition) is 1. The largest absolute Gasteiger partial charge is 0.492 e. The molecule has 1 N–H and O–H groups in total. The highest BCUT2D eigenvalue weighted by Gasteiger charge is 2.14. The van der Waals surface area contributed by atoms with Gasteiger partial charge in [0.15, 0.2) is 0 Å². The van der Waals surface area contributed by atoms with Gasteiger partial charge in [-0.15, -0.1) is 11.8 Å². The van der Waals surface area contributed by atoms with Crippen LogP contribution in [0.5, 0.6) is 5.75 Å². The van der Waals surface area contributed by atoms with Crippen molar-refractivity contribution in [2.75, 3.05) is 13.2 Å². The van der Waals surface area contributed by atoms with Crippen molar-refractivity contribution in [2.45, 2.75) is 31.4 Å². The maximum Gasteiger partial charge on any atom is 0.252 e. The van der Waals surface area contributed by atoms with E-state index in [0.29, 0.717) is 24.5 Å². The van der Waals surface area contributed by atoms with E-state index in [1.165, 1.54) is 0 Å². The van der Waals surface area contributed by atoms with Gasteiger partial charge in [0.2, 0.25) is 0 Å². The molecule has 28 heavy (non-hydrogen) atoms. The Morgan fingerprint density at radius 3 is 2.71 bits per heavy atom. The standard InChI is InChI=1S/C22H24N2O3S/c1-15-7-6-8-18(13-15)26-12-11-23-22(25)19-9-4-5-10-21(19)28-14-20-16(2)24-27-17(20)3/h4-10,13H,11-12,14H2,1-3H3,(H,23,25). The van der Waals surface area contributed by atoms with E-state index in [1.54, 1.807) is 11.8 Å². The van der Waals surface area contributed by atoms with Crippen molar-refractivity contribution in [3.63, 3.8) is 0 Å². The molecule has 0 atom stereocenters. The number of nitrogens with one attached hydrogen (secondary N) is 1. The summed E-state index contributed by atoms with van der Waals surface area (Å²) in [6.45, 7) is 6.72. The number of benzene rings is 2. The predicted octanol–water partition coefficient (Wildman–Crippen LogP) is 4.70. The molecule has 146 valence electrons.